The summed E-state index contributed by atoms with van der Waals surface area (Å²) in [5.74, 6) is 0.208. The topological polar surface area (TPSA) is 85.3 Å². The minimum Gasteiger partial charge on any atom is -0.497 e. The molecule has 1 unspecified atom stereocenters. The van der Waals surface area contributed by atoms with Crippen LogP contribution in [0.15, 0.2) is 60.9 Å². The Kier molecular flexibility index (Phi) is 5.50. The lowest BCUT2D eigenvalue weighted by Gasteiger charge is -2.23. The van der Waals surface area contributed by atoms with E-state index in [1.807, 2.05) is 49.8 Å². The van der Waals surface area contributed by atoms with E-state index in [0.29, 0.717) is 11.3 Å². The van der Waals surface area contributed by atoms with Crippen LogP contribution in [0.1, 0.15) is 30.0 Å². The van der Waals surface area contributed by atoms with Crippen LogP contribution in [0, 0.1) is 0 Å². The lowest BCUT2D eigenvalue weighted by molar-refractivity contribution is -0.130. The van der Waals surface area contributed by atoms with Gasteiger partial charge in [0, 0.05) is 25.9 Å². The van der Waals surface area contributed by atoms with Crippen molar-refractivity contribution in [2.24, 2.45) is 7.05 Å². The molecule has 2 aromatic carbocycles. The number of aryl methyl sites for hydroxylation is 1. The molecule has 7 nitrogen and oxygen atoms in total. The van der Waals surface area contributed by atoms with Gasteiger partial charge in [-0.3, -0.25) is 14.3 Å². The van der Waals surface area contributed by atoms with Crippen molar-refractivity contribution in [3.63, 3.8) is 0 Å². The van der Waals surface area contributed by atoms with Gasteiger partial charge in [-0.25, -0.2) is 0 Å². The first-order chi connectivity index (χ1) is 15.0. The molecule has 1 aromatic heterocycles. The van der Waals surface area contributed by atoms with E-state index in [2.05, 4.69) is 15.7 Å². The highest BCUT2D eigenvalue weighted by Crippen LogP contribution is 2.49. The van der Waals surface area contributed by atoms with Gasteiger partial charge in [0.1, 0.15) is 11.8 Å². The fourth-order valence-electron chi connectivity index (χ4n) is 3.87. The van der Waals surface area contributed by atoms with Gasteiger partial charge in [-0.15, -0.1) is 0 Å². The predicted molar refractivity (Wildman–Crippen MR) is 118 cm³/mol. The largest absolute Gasteiger partial charge is 0.497 e. The van der Waals surface area contributed by atoms with Gasteiger partial charge >= 0.3 is 0 Å². The zero-order valence-electron chi connectivity index (χ0n) is 17.9. The molecule has 0 spiro atoms. The molecule has 160 valence electrons. The fraction of sp³-hybridized carbons (Fsp3) is 0.292. The summed E-state index contributed by atoms with van der Waals surface area (Å²) < 4.78 is 7.03. The number of benzene rings is 2. The molecule has 0 aliphatic heterocycles. The Labute approximate surface area is 181 Å². The molecule has 3 aromatic rings. The van der Waals surface area contributed by atoms with Crippen LogP contribution in [0.25, 0.3) is 11.1 Å². The molecule has 2 N–H and O–H groups in total. The van der Waals surface area contributed by atoms with Crippen LogP contribution in [0.5, 0.6) is 5.75 Å². The van der Waals surface area contributed by atoms with Crippen molar-refractivity contribution in [2.75, 3.05) is 14.2 Å². The van der Waals surface area contributed by atoms with E-state index in [0.717, 1.165) is 29.5 Å². The zero-order chi connectivity index (χ0) is 22.0. The van der Waals surface area contributed by atoms with Gasteiger partial charge in [0.05, 0.1) is 18.7 Å². The third-order valence-electron chi connectivity index (χ3n) is 5.85. The third kappa shape index (κ3) is 4.03. The molecule has 1 heterocycles. The number of ether oxygens (including phenoxy) is 1. The third-order valence-corrected chi connectivity index (χ3v) is 5.85. The number of carbonyl (C=O) groups is 2. The second-order valence-corrected chi connectivity index (χ2v) is 7.86. The number of rotatable bonds is 7. The van der Waals surface area contributed by atoms with Gasteiger partial charge in [0.2, 0.25) is 11.8 Å². The highest BCUT2D eigenvalue weighted by Gasteiger charge is 2.52. The maximum Gasteiger partial charge on any atom is 0.246 e. The minimum absolute atomic E-state index is 0.146. The van der Waals surface area contributed by atoms with Crippen LogP contribution in [0.3, 0.4) is 0 Å². The second-order valence-electron chi connectivity index (χ2n) is 7.86. The summed E-state index contributed by atoms with van der Waals surface area (Å²) in [5, 5.41) is 9.86. The van der Waals surface area contributed by atoms with Crippen LogP contribution in [0.2, 0.25) is 0 Å². The Bertz CT molecular complexity index is 1120. The maximum absolute atomic E-state index is 13.4. The van der Waals surface area contributed by atoms with E-state index in [1.165, 1.54) is 0 Å². The first-order valence-corrected chi connectivity index (χ1v) is 10.2. The Morgan fingerprint density at radius 2 is 1.90 bits per heavy atom. The molecular weight excluding hydrogens is 392 g/mol. The molecule has 1 aliphatic carbocycles. The quantitative estimate of drug-likeness (QED) is 0.618. The lowest BCUT2D eigenvalue weighted by Crippen LogP contribution is -2.43. The van der Waals surface area contributed by atoms with Crippen LogP contribution in [0.4, 0.5) is 0 Å². The van der Waals surface area contributed by atoms with Gasteiger partial charge in [-0.05, 0) is 47.7 Å². The van der Waals surface area contributed by atoms with Crippen molar-refractivity contribution in [3.05, 3.63) is 72.1 Å². The minimum atomic E-state index is -0.799. The van der Waals surface area contributed by atoms with Crippen LogP contribution < -0.4 is 15.4 Å². The fourth-order valence-corrected chi connectivity index (χ4v) is 3.87. The van der Waals surface area contributed by atoms with E-state index in [9.17, 15) is 9.59 Å². The van der Waals surface area contributed by atoms with Gasteiger partial charge in [0.25, 0.3) is 0 Å². The molecule has 1 fully saturated rings. The van der Waals surface area contributed by atoms with Gasteiger partial charge in [-0.1, -0.05) is 30.3 Å². The zero-order valence-corrected chi connectivity index (χ0v) is 17.9. The Hall–Kier alpha value is -3.61. The molecule has 1 aliphatic rings. The van der Waals surface area contributed by atoms with E-state index in [-0.39, 0.29) is 11.8 Å². The highest BCUT2D eigenvalue weighted by atomic mass is 16.5. The highest BCUT2D eigenvalue weighted by molar-refractivity contribution is 5.96. The summed E-state index contributed by atoms with van der Waals surface area (Å²) in [7, 11) is 5.01. The summed E-state index contributed by atoms with van der Waals surface area (Å²) in [5.41, 5.74) is 3.02. The number of likely N-dealkylation sites (N-methyl/N-ethyl adjacent to an activating group) is 1. The van der Waals surface area contributed by atoms with Crippen LogP contribution in [-0.4, -0.2) is 35.8 Å². The van der Waals surface area contributed by atoms with Crippen LogP contribution in [-0.2, 0) is 22.1 Å². The van der Waals surface area contributed by atoms with Crippen molar-refractivity contribution in [2.45, 2.75) is 24.3 Å². The number of amides is 2. The van der Waals surface area contributed by atoms with E-state index in [4.69, 9.17) is 4.74 Å². The number of carbonyl (C=O) groups excluding carboxylic acids is 2. The molecule has 0 bridgehead atoms. The molecule has 31 heavy (non-hydrogen) atoms. The summed E-state index contributed by atoms with van der Waals surface area (Å²) >= 11 is 0. The van der Waals surface area contributed by atoms with Crippen molar-refractivity contribution in [1.82, 2.24) is 20.4 Å². The standard InChI is InChI=1S/C24H26N4O3/c1-25-22(29)21(17-7-5-9-20(13-17)31-3)27-23(30)24(10-11-24)19-8-4-6-16(12-19)18-14-26-28(2)15-18/h4-9,12-15,21H,10-11H2,1-3H3,(H,25,29)(H,27,30). The number of nitrogens with one attached hydrogen (secondary N) is 2. The lowest BCUT2D eigenvalue weighted by atomic mass is 9.91. The van der Waals surface area contributed by atoms with E-state index >= 15 is 0 Å². The summed E-state index contributed by atoms with van der Waals surface area (Å²) in [4.78, 5) is 26.0. The molecular formula is C24H26N4O3. The van der Waals surface area contributed by atoms with E-state index < -0.39 is 11.5 Å². The summed E-state index contributed by atoms with van der Waals surface area (Å²) in [6.07, 6.45) is 5.24. The average molecular weight is 418 g/mol. The van der Waals surface area contributed by atoms with E-state index in [1.54, 1.807) is 37.0 Å². The molecule has 4 rings (SSSR count). The molecule has 1 saturated carbocycles. The van der Waals surface area contributed by atoms with Crippen molar-refractivity contribution >= 4 is 11.8 Å². The molecule has 2 amide bonds. The summed E-state index contributed by atoms with van der Waals surface area (Å²) in [6.45, 7) is 0. The Morgan fingerprint density at radius 1 is 1.13 bits per heavy atom. The SMILES string of the molecule is CNC(=O)C(NC(=O)C1(c2cccc(-c3cnn(C)c3)c2)CC1)c1cccc(OC)c1. The smallest absolute Gasteiger partial charge is 0.246 e. The number of hydrogen-bond acceptors (Lipinski definition) is 4. The number of aromatic nitrogens is 2. The van der Waals surface area contributed by atoms with Gasteiger partial charge < -0.3 is 15.4 Å². The number of hydrogen-bond donors (Lipinski definition) is 2. The van der Waals surface area contributed by atoms with Gasteiger partial charge in [0.15, 0.2) is 0 Å². The number of methoxy groups -OCH3 is 1. The molecule has 0 saturated heterocycles. The van der Waals surface area contributed by atoms with Gasteiger partial charge in [-0.2, -0.15) is 5.10 Å². The van der Waals surface area contributed by atoms with Crippen molar-refractivity contribution in [3.8, 4) is 16.9 Å². The monoisotopic (exact) mass is 418 g/mol. The number of nitrogens with zero attached hydrogens (tertiary/aromatic N) is 2. The molecule has 1 atom stereocenters. The predicted octanol–water partition coefficient (Wildman–Crippen LogP) is 2.73. The van der Waals surface area contributed by atoms with Crippen molar-refractivity contribution < 1.29 is 14.3 Å². The first-order valence-electron chi connectivity index (χ1n) is 10.2. The molecule has 0 radical (unpaired) electrons. The Morgan fingerprint density at radius 3 is 2.55 bits per heavy atom. The normalized spacial score (nSPS) is 15.1. The van der Waals surface area contributed by atoms with Crippen LogP contribution >= 0.6 is 0 Å². The Balaban J connectivity index is 1.61. The average Bonchev–Trinajstić information content (AvgIpc) is 3.51. The summed E-state index contributed by atoms with van der Waals surface area (Å²) in [6, 6.07) is 14.4. The first kappa shape index (κ1) is 20.7. The maximum atomic E-state index is 13.4. The van der Waals surface area contributed by atoms with Crippen molar-refractivity contribution in [1.29, 1.82) is 0 Å². The second kappa shape index (κ2) is 8.26. The molecule has 7 heteroatoms.